The summed E-state index contributed by atoms with van der Waals surface area (Å²) in [6.45, 7) is 3.67. The van der Waals surface area contributed by atoms with Gasteiger partial charge in [0.2, 0.25) is 5.91 Å². The van der Waals surface area contributed by atoms with Crippen LogP contribution in [0.2, 0.25) is 0 Å². The van der Waals surface area contributed by atoms with E-state index in [-0.39, 0.29) is 24.7 Å². The number of esters is 1. The lowest BCUT2D eigenvalue weighted by Gasteiger charge is -2.20. The van der Waals surface area contributed by atoms with E-state index < -0.39 is 17.3 Å². The van der Waals surface area contributed by atoms with Crippen molar-refractivity contribution < 1.29 is 19.1 Å². The quantitative estimate of drug-likeness (QED) is 0.444. The second-order valence-corrected chi connectivity index (χ2v) is 5.43. The van der Waals surface area contributed by atoms with Crippen LogP contribution in [0.15, 0.2) is 0 Å². The van der Waals surface area contributed by atoms with Gasteiger partial charge in [0.15, 0.2) is 0 Å². The van der Waals surface area contributed by atoms with Gasteiger partial charge in [-0.2, -0.15) is 5.26 Å². The predicted molar refractivity (Wildman–Crippen MR) is 70.3 cm³/mol. The monoisotopic (exact) mass is 280 g/mol. The van der Waals surface area contributed by atoms with E-state index in [1.54, 1.807) is 0 Å². The fraction of sp³-hybridized carbons (Fsp3) is 0.714. The summed E-state index contributed by atoms with van der Waals surface area (Å²) in [5.41, 5.74) is -1.17. The van der Waals surface area contributed by atoms with Crippen LogP contribution in [-0.2, 0) is 19.1 Å². The minimum absolute atomic E-state index is 0.0873. The first-order chi connectivity index (χ1) is 9.38. The Balaban J connectivity index is 2.28. The van der Waals surface area contributed by atoms with Crippen LogP contribution >= 0.6 is 0 Å². The van der Waals surface area contributed by atoms with Gasteiger partial charge < -0.3 is 10.1 Å². The zero-order valence-corrected chi connectivity index (χ0v) is 11.9. The molecule has 1 amide bonds. The molecule has 0 spiro atoms. The molecule has 1 aliphatic heterocycles. The standard InChI is InChI=1S/C14H20N2O4/c1-14(2,9-15)13(19)20-8-4-6-11(17)10-5-3-7-16-12(10)18/h10H,3-8H2,1-2H3,(H,16,18)/t10-/m0/s1. The van der Waals surface area contributed by atoms with Crippen LogP contribution in [-0.4, -0.2) is 30.8 Å². The molecule has 0 unspecified atom stereocenters. The third kappa shape index (κ3) is 4.34. The molecule has 1 heterocycles. The predicted octanol–water partition coefficient (Wildman–Crippen LogP) is 0.955. The van der Waals surface area contributed by atoms with E-state index in [1.165, 1.54) is 13.8 Å². The zero-order chi connectivity index (χ0) is 15.2. The van der Waals surface area contributed by atoms with Crippen LogP contribution in [0.25, 0.3) is 0 Å². The second kappa shape index (κ2) is 7.04. The number of ether oxygens (including phenoxy) is 1. The highest BCUT2D eigenvalue weighted by Gasteiger charge is 2.30. The minimum Gasteiger partial charge on any atom is -0.465 e. The van der Waals surface area contributed by atoms with E-state index >= 15 is 0 Å². The zero-order valence-electron chi connectivity index (χ0n) is 11.9. The van der Waals surface area contributed by atoms with Gasteiger partial charge in [0.25, 0.3) is 0 Å². The number of nitrogens with one attached hydrogen (secondary N) is 1. The van der Waals surface area contributed by atoms with Crippen molar-refractivity contribution in [1.29, 1.82) is 5.26 Å². The van der Waals surface area contributed by atoms with Crippen molar-refractivity contribution in [2.75, 3.05) is 13.2 Å². The Morgan fingerprint density at radius 3 is 2.80 bits per heavy atom. The maximum atomic E-state index is 11.9. The molecule has 1 N–H and O–H groups in total. The molecule has 1 atom stereocenters. The molecule has 6 nitrogen and oxygen atoms in total. The molecule has 0 aromatic heterocycles. The fourth-order valence-corrected chi connectivity index (χ4v) is 1.89. The molecule has 0 radical (unpaired) electrons. The van der Waals surface area contributed by atoms with Crippen molar-refractivity contribution in [3.8, 4) is 6.07 Å². The average Bonchev–Trinajstić information content (AvgIpc) is 2.43. The van der Waals surface area contributed by atoms with Crippen molar-refractivity contribution >= 4 is 17.7 Å². The van der Waals surface area contributed by atoms with Gasteiger partial charge >= 0.3 is 5.97 Å². The number of carbonyl (C=O) groups excluding carboxylic acids is 3. The first-order valence-electron chi connectivity index (χ1n) is 6.77. The molecule has 0 bridgehead atoms. The van der Waals surface area contributed by atoms with Gasteiger partial charge in [-0.25, -0.2) is 0 Å². The lowest BCUT2D eigenvalue weighted by molar-refractivity contribution is -0.151. The number of carbonyl (C=O) groups is 3. The van der Waals surface area contributed by atoms with E-state index in [0.29, 0.717) is 19.4 Å². The molecule has 0 aliphatic carbocycles. The van der Waals surface area contributed by atoms with Crippen LogP contribution in [0, 0.1) is 22.7 Å². The van der Waals surface area contributed by atoms with Gasteiger partial charge in [0.05, 0.1) is 18.6 Å². The largest absolute Gasteiger partial charge is 0.465 e. The maximum absolute atomic E-state index is 11.9. The summed E-state index contributed by atoms with van der Waals surface area (Å²) < 4.78 is 4.95. The Morgan fingerprint density at radius 1 is 1.50 bits per heavy atom. The van der Waals surface area contributed by atoms with Gasteiger partial charge in [-0.3, -0.25) is 14.4 Å². The van der Waals surface area contributed by atoms with Crippen molar-refractivity contribution in [3.05, 3.63) is 0 Å². The smallest absolute Gasteiger partial charge is 0.325 e. The molecule has 1 rings (SSSR count). The summed E-state index contributed by atoms with van der Waals surface area (Å²) in [6.07, 6.45) is 1.98. The topological polar surface area (TPSA) is 96.3 Å². The molecule has 1 saturated heterocycles. The third-order valence-corrected chi connectivity index (χ3v) is 3.26. The van der Waals surface area contributed by atoms with Crippen molar-refractivity contribution in [3.63, 3.8) is 0 Å². The summed E-state index contributed by atoms with van der Waals surface area (Å²) in [7, 11) is 0. The summed E-state index contributed by atoms with van der Waals surface area (Å²) in [5, 5.41) is 11.4. The summed E-state index contributed by atoms with van der Waals surface area (Å²) in [5.74, 6) is -1.47. The highest BCUT2D eigenvalue weighted by molar-refractivity contribution is 6.01. The number of nitriles is 1. The molecule has 110 valence electrons. The molecule has 1 fully saturated rings. The highest BCUT2D eigenvalue weighted by Crippen LogP contribution is 2.17. The molecular weight excluding hydrogens is 260 g/mol. The molecule has 0 aromatic carbocycles. The lowest BCUT2D eigenvalue weighted by Crippen LogP contribution is -2.40. The van der Waals surface area contributed by atoms with E-state index in [1.807, 2.05) is 6.07 Å². The molecule has 1 aliphatic rings. The lowest BCUT2D eigenvalue weighted by atomic mass is 9.92. The fourth-order valence-electron chi connectivity index (χ4n) is 1.89. The first-order valence-corrected chi connectivity index (χ1v) is 6.77. The highest BCUT2D eigenvalue weighted by atomic mass is 16.5. The number of ketones is 1. The second-order valence-electron chi connectivity index (χ2n) is 5.43. The molecule has 0 saturated carbocycles. The van der Waals surface area contributed by atoms with Gasteiger partial charge in [0.1, 0.15) is 11.2 Å². The Hall–Kier alpha value is -1.90. The minimum atomic E-state index is -1.17. The SMILES string of the molecule is CC(C)(C#N)C(=O)OCCCC(=O)[C@@H]1CCCNC1=O. The number of rotatable bonds is 6. The van der Waals surface area contributed by atoms with E-state index in [4.69, 9.17) is 10.00 Å². The maximum Gasteiger partial charge on any atom is 0.325 e. The number of piperidine rings is 1. The molecule has 6 heteroatoms. The van der Waals surface area contributed by atoms with Crippen LogP contribution < -0.4 is 5.32 Å². The number of Topliss-reactive ketones (excluding diaryl/α,β-unsaturated/α-hetero) is 1. The van der Waals surface area contributed by atoms with Crippen LogP contribution in [0.3, 0.4) is 0 Å². The number of hydrogen-bond acceptors (Lipinski definition) is 5. The first kappa shape index (κ1) is 16.2. The summed E-state index contributed by atoms with van der Waals surface area (Å²) in [6, 6.07) is 1.85. The molecule has 0 aromatic rings. The number of nitrogens with zero attached hydrogens (tertiary/aromatic N) is 1. The van der Waals surface area contributed by atoms with Gasteiger partial charge in [-0.05, 0) is 33.1 Å². The average molecular weight is 280 g/mol. The van der Waals surface area contributed by atoms with Crippen molar-refractivity contribution in [2.45, 2.75) is 39.5 Å². The Morgan fingerprint density at radius 2 is 2.20 bits per heavy atom. The van der Waals surface area contributed by atoms with E-state index in [0.717, 1.165) is 6.42 Å². The normalized spacial score (nSPS) is 18.9. The van der Waals surface area contributed by atoms with Crippen molar-refractivity contribution in [1.82, 2.24) is 5.32 Å². The summed E-state index contributed by atoms with van der Waals surface area (Å²) in [4.78, 5) is 34.8. The Labute approximate surface area is 118 Å². The van der Waals surface area contributed by atoms with Gasteiger partial charge in [0, 0.05) is 13.0 Å². The molecule has 20 heavy (non-hydrogen) atoms. The Bertz CT molecular complexity index is 437. The molecular formula is C14H20N2O4. The van der Waals surface area contributed by atoms with Gasteiger partial charge in [-0.1, -0.05) is 0 Å². The third-order valence-electron chi connectivity index (χ3n) is 3.26. The summed E-state index contributed by atoms with van der Waals surface area (Å²) >= 11 is 0. The van der Waals surface area contributed by atoms with Crippen LogP contribution in [0.4, 0.5) is 0 Å². The van der Waals surface area contributed by atoms with Crippen LogP contribution in [0.1, 0.15) is 39.5 Å². The van der Waals surface area contributed by atoms with E-state index in [9.17, 15) is 14.4 Å². The van der Waals surface area contributed by atoms with Crippen LogP contribution in [0.5, 0.6) is 0 Å². The Kier molecular flexibility index (Phi) is 5.68. The van der Waals surface area contributed by atoms with Gasteiger partial charge in [-0.15, -0.1) is 0 Å². The number of hydrogen-bond donors (Lipinski definition) is 1. The van der Waals surface area contributed by atoms with E-state index in [2.05, 4.69) is 5.32 Å². The number of amides is 1. The van der Waals surface area contributed by atoms with Crippen molar-refractivity contribution in [2.24, 2.45) is 11.3 Å².